The summed E-state index contributed by atoms with van der Waals surface area (Å²) in [6.45, 7) is 3.23. The number of hydrogen-bond acceptors (Lipinski definition) is 7. The molecule has 0 aliphatic heterocycles. The van der Waals surface area contributed by atoms with Crippen LogP contribution in [0.5, 0.6) is 0 Å². The lowest BCUT2D eigenvalue weighted by molar-refractivity contribution is -0.385. The van der Waals surface area contributed by atoms with Crippen molar-refractivity contribution in [2.24, 2.45) is 7.05 Å². The van der Waals surface area contributed by atoms with Crippen LogP contribution >= 0.6 is 0 Å². The van der Waals surface area contributed by atoms with Gasteiger partial charge in [0.15, 0.2) is 5.82 Å². The van der Waals surface area contributed by atoms with Crippen LogP contribution in [-0.4, -0.2) is 33.5 Å². The Kier molecular flexibility index (Phi) is 4.62. The van der Waals surface area contributed by atoms with Crippen LogP contribution in [0.15, 0.2) is 41.3 Å². The third-order valence-corrected chi connectivity index (χ3v) is 5.61. The van der Waals surface area contributed by atoms with Crippen LogP contribution in [-0.2, 0) is 17.1 Å². The van der Waals surface area contributed by atoms with E-state index in [1.807, 2.05) is 0 Å². The van der Waals surface area contributed by atoms with E-state index in [2.05, 4.69) is 20.2 Å². The van der Waals surface area contributed by atoms with Gasteiger partial charge in [-0.15, -0.1) is 5.10 Å². The van der Waals surface area contributed by atoms with Crippen LogP contribution in [0.1, 0.15) is 11.1 Å². The van der Waals surface area contributed by atoms with E-state index in [9.17, 15) is 18.5 Å². The highest BCUT2D eigenvalue weighted by Gasteiger charge is 2.22. The molecule has 1 N–H and O–H groups in total. The minimum atomic E-state index is -4.03. The second kappa shape index (κ2) is 6.76. The normalized spacial score (nSPS) is 11.4. The molecule has 0 bridgehead atoms. The lowest BCUT2D eigenvalue weighted by Gasteiger charge is -2.12. The maximum absolute atomic E-state index is 12.8. The molecule has 3 aromatic rings. The van der Waals surface area contributed by atoms with Crippen molar-refractivity contribution in [3.8, 4) is 11.4 Å². The van der Waals surface area contributed by atoms with E-state index >= 15 is 0 Å². The molecule has 0 aliphatic carbocycles. The molecule has 2 aromatic carbocycles. The fourth-order valence-corrected chi connectivity index (χ4v) is 3.99. The van der Waals surface area contributed by atoms with Gasteiger partial charge in [-0.1, -0.05) is 12.1 Å². The summed E-state index contributed by atoms with van der Waals surface area (Å²) in [5.41, 5.74) is 1.59. The van der Waals surface area contributed by atoms with E-state index in [0.717, 1.165) is 6.07 Å². The second-order valence-electron chi connectivity index (χ2n) is 5.96. The Morgan fingerprint density at radius 3 is 2.56 bits per heavy atom. The Morgan fingerprint density at radius 2 is 1.93 bits per heavy atom. The average Bonchev–Trinajstić information content (AvgIpc) is 3.02. The van der Waals surface area contributed by atoms with Crippen LogP contribution in [0.2, 0.25) is 0 Å². The van der Waals surface area contributed by atoms with Gasteiger partial charge in [0.25, 0.3) is 15.7 Å². The van der Waals surface area contributed by atoms with Crippen LogP contribution in [0.25, 0.3) is 11.4 Å². The molecule has 11 heteroatoms. The highest BCUT2D eigenvalue weighted by molar-refractivity contribution is 7.92. The first-order chi connectivity index (χ1) is 12.7. The van der Waals surface area contributed by atoms with Gasteiger partial charge >= 0.3 is 0 Å². The van der Waals surface area contributed by atoms with Gasteiger partial charge in [-0.2, -0.15) is 0 Å². The van der Waals surface area contributed by atoms with Crippen LogP contribution < -0.4 is 4.72 Å². The zero-order valence-corrected chi connectivity index (χ0v) is 15.6. The maximum atomic E-state index is 12.8. The highest BCUT2D eigenvalue weighted by atomic mass is 32.2. The number of anilines is 1. The van der Waals surface area contributed by atoms with Gasteiger partial charge < -0.3 is 0 Å². The van der Waals surface area contributed by atoms with Crippen molar-refractivity contribution in [3.05, 3.63) is 57.6 Å². The average molecular weight is 388 g/mol. The standard InChI is InChI=1S/C16H16N6O4S/c1-10-7-14(22(23)24)9-15(11(10)2)27(25,26)18-13-6-4-5-12(8-13)16-17-19-20-21(16)3/h4-9,18H,1-3H3. The van der Waals surface area contributed by atoms with Crippen molar-refractivity contribution in [1.29, 1.82) is 0 Å². The van der Waals surface area contributed by atoms with E-state index in [1.165, 1.54) is 10.7 Å². The number of rotatable bonds is 5. The number of nitro benzene ring substituents is 1. The molecule has 0 spiro atoms. The van der Waals surface area contributed by atoms with E-state index < -0.39 is 14.9 Å². The minimum absolute atomic E-state index is 0.139. The molecular formula is C16H16N6O4S. The molecule has 0 saturated heterocycles. The lowest BCUT2D eigenvalue weighted by atomic mass is 10.1. The fraction of sp³-hybridized carbons (Fsp3) is 0.188. The van der Waals surface area contributed by atoms with Crippen LogP contribution in [0.4, 0.5) is 11.4 Å². The van der Waals surface area contributed by atoms with Crippen molar-refractivity contribution in [2.75, 3.05) is 4.72 Å². The molecule has 1 aromatic heterocycles. The van der Waals surface area contributed by atoms with E-state index in [0.29, 0.717) is 28.2 Å². The Bertz CT molecular complexity index is 1140. The number of nitrogens with one attached hydrogen (secondary N) is 1. The molecule has 3 rings (SSSR count). The first-order valence-corrected chi connectivity index (χ1v) is 9.28. The summed E-state index contributed by atoms with van der Waals surface area (Å²) in [4.78, 5) is 10.3. The molecule has 0 fully saturated rings. The molecule has 140 valence electrons. The Balaban J connectivity index is 2.01. The zero-order chi connectivity index (χ0) is 19.8. The van der Waals surface area contributed by atoms with Crippen LogP contribution in [0.3, 0.4) is 0 Å². The summed E-state index contributed by atoms with van der Waals surface area (Å²) in [6, 6.07) is 8.96. The van der Waals surface area contributed by atoms with Gasteiger partial charge in [0, 0.05) is 30.4 Å². The molecule has 1 heterocycles. The summed E-state index contributed by atoms with van der Waals surface area (Å²) < 4.78 is 29.6. The predicted octanol–water partition coefficient (Wildman–Crippen LogP) is 2.20. The van der Waals surface area contributed by atoms with Gasteiger partial charge in [-0.25, -0.2) is 13.1 Å². The number of aromatic nitrogens is 4. The highest BCUT2D eigenvalue weighted by Crippen LogP contribution is 2.28. The summed E-state index contributed by atoms with van der Waals surface area (Å²) in [5.74, 6) is 0.471. The first-order valence-electron chi connectivity index (χ1n) is 7.80. The van der Waals surface area contributed by atoms with E-state index in [1.54, 1.807) is 45.2 Å². The number of tetrazole rings is 1. The molecule has 0 unspecified atom stereocenters. The number of aryl methyl sites for hydroxylation is 2. The van der Waals surface area contributed by atoms with Crippen molar-refractivity contribution in [2.45, 2.75) is 18.7 Å². The van der Waals surface area contributed by atoms with Crippen molar-refractivity contribution < 1.29 is 13.3 Å². The summed E-state index contributed by atoms with van der Waals surface area (Å²) in [6.07, 6.45) is 0. The Hall–Kier alpha value is -3.34. The zero-order valence-electron chi connectivity index (χ0n) is 14.7. The van der Waals surface area contributed by atoms with Gasteiger partial charge in [0.1, 0.15) is 0 Å². The third kappa shape index (κ3) is 3.62. The molecule has 0 amide bonds. The smallest absolute Gasteiger partial charge is 0.271 e. The minimum Gasteiger partial charge on any atom is -0.280 e. The van der Waals surface area contributed by atoms with Crippen LogP contribution in [0, 0.1) is 24.0 Å². The number of nitro groups is 1. The number of hydrogen-bond donors (Lipinski definition) is 1. The quantitative estimate of drug-likeness (QED) is 0.523. The molecule has 0 aliphatic rings. The second-order valence-corrected chi connectivity index (χ2v) is 7.61. The van der Waals surface area contributed by atoms with Gasteiger partial charge in [-0.05, 0) is 47.5 Å². The summed E-state index contributed by atoms with van der Waals surface area (Å²) in [5, 5.41) is 22.3. The van der Waals surface area contributed by atoms with E-state index in [-0.39, 0.29) is 10.6 Å². The number of nitrogens with zero attached hydrogens (tertiary/aromatic N) is 5. The molecule has 0 atom stereocenters. The number of non-ortho nitro benzene ring substituents is 1. The largest absolute Gasteiger partial charge is 0.280 e. The fourth-order valence-electron chi connectivity index (χ4n) is 2.60. The molecule has 0 saturated carbocycles. The van der Waals surface area contributed by atoms with Crippen molar-refractivity contribution in [1.82, 2.24) is 20.2 Å². The van der Waals surface area contributed by atoms with Crippen molar-refractivity contribution >= 4 is 21.4 Å². The summed E-state index contributed by atoms with van der Waals surface area (Å²) in [7, 11) is -2.36. The van der Waals surface area contributed by atoms with Gasteiger partial charge in [-0.3, -0.25) is 14.8 Å². The molecule has 27 heavy (non-hydrogen) atoms. The van der Waals surface area contributed by atoms with Gasteiger partial charge in [0.2, 0.25) is 0 Å². The van der Waals surface area contributed by atoms with E-state index in [4.69, 9.17) is 0 Å². The van der Waals surface area contributed by atoms with Crippen molar-refractivity contribution in [3.63, 3.8) is 0 Å². The Morgan fingerprint density at radius 1 is 1.19 bits per heavy atom. The monoisotopic (exact) mass is 388 g/mol. The molecular weight excluding hydrogens is 372 g/mol. The molecule has 0 radical (unpaired) electrons. The predicted molar refractivity (Wildman–Crippen MR) is 97.6 cm³/mol. The lowest BCUT2D eigenvalue weighted by Crippen LogP contribution is -2.15. The van der Waals surface area contributed by atoms with Gasteiger partial charge in [0.05, 0.1) is 9.82 Å². The summed E-state index contributed by atoms with van der Waals surface area (Å²) >= 11 is 0. The third-order valence-electron chi connectivity index (χ3n) is 4.10. The Labute approximate surface area is 155 Å². The molecule has 10 nitrogen and oxygen atoms in total. The topological polar surface area (TPSA) is 133 Å². The number of benzene rings is 2. The SMILES string of the molecule is Cc1cc([N+](=O)[O-])cc(S(=O)(=O)Nc2cccc(-c3nnnn3C)c2)c1C. The number of sulfonamides is 1. The maximum Gasteiger partial charge on any atom is 0.271 e. The first kappa shape index (κ1) is 18.5.